The second-order valence-corrected chi connectivity index (χ2v) is 10.9. The monoisotopic (exact) mass is 570 g/mol. The van der Waals surface area contributed by atoms with Crippen LogP contribution >= 0.6 is 11.6 Å². The number of hydrogen-bond acceptors (Lipinski definition) is 6. The molecule has 2 heterocycles. The van der Waals surface area contributed by atoms with Crippen molar-refractivity contribution < 1.29 is 41.1 Å². The van der Waals surface area contributed by atoms with Gasteiger partial charge in [-0.1, -0.05) is 17.7 Å². The zero-order valence-electron chi connectivity index (χ0n) is 20.0. The normalized spacial score (nSPS) is 16.8. The zero-order valence-corrected chi connectivity index (χ0v) is 21.6. The smallest absolute Gasteiger partial charge is 0.475 e. The number of amides is 2. The summed E-state index contributed by atoms with van der Waals surface area (Å²) in [6.07, 6.45) is -3.03. The molecule has 208 valence electrons. The minimum Gasteiger partial charge on any atom is -0.475 e. The highest BCUT2D eigenvalue weighted by molar-refractivity contribution is 7.89. The molecule has 0 spiro atoms. The maximum atomic E-state index is 13.1. The van der Waals surface area contributed by atoms with Crippen molar-refractivity contribution in [3.63, 3.8) is 0 Å². The van der Waals surface area contributed by atoms with E-state index in [1.54, 1.807) is 34.1 Å². The number of alkyl halides is 3. The van der Waals surface area contributed by atoms with Crippen LogP contribution in [0.3, 0.4) is 0 Å². The van der Waals surface area contributed by atoms with Gasteiger partial charge < -0.3 is 20.2 Å². The maximum absolute atomic E-state index is 13.1. The third-order valence-electron chi connectivity index (χ3n) is 5.72. The summed E-state index contributed by atoms with van der Waals surface area (Å²) < 4.78 is 58.6. The van der Waals surface area contributed by atoms with Crippen molar-refractivity contribution in [1.29, 1.82) is 0 Å². The number of carbonyl (C=O) groups excluding carboxylic acids is 2. The summed E-state index contributed by atoms with van der Waals surface area (Å²) in [4.78, 5) is 37.1. The van der Waals surface area contributed by atoms with Gasteiger partial charge in [0.2, 0.25) is 15.9 Å². The van der Waals surface area contributed by atoms with E-state index in [9.17, 15) is 31.2 Å². The van der Waals surface area contributed by atoms with Crippen molar-refractivity contribution in [2.45, 2.75) is 25.4 Å². The van der Waals surface area contributed by atoms with Gasteiger partial charge in [-0.25, -0.2) is 13.2 Å². The Morgan fingerprint density at radius 3 is 2.32 bits per heavy atom. The molecule has 37 heavy (non-hydrogen) atoms. The number of carboxylic acids is 1. The summed E-state index contributed by atoms with van der Waals surface area (Å²) in [6.45, 7) is 3.96. The molecule has 0 radical (unpaired) electrons. The topological polar surface area (TPSA) is 127 Å². The number of carbonyl (C=O) groups is 3. The van der Waals surface area contributed by atoms with Gasteiger partial charge in [0.1, 0.15) is 0 Å². The van der Waals surface area contributed by atoms with Crippen LogP contribution in [-0.4, -0.2) is 110 Å². The Balaban J connectivity index is 0.000000604. The van der Waals surface area contributed by atoms with Crippen molar-refractivity contribution in [2.24, 2.45) is 0 Å². The molecule has 15 heteroatoms. The quantitative estimate of drug-likeness (QED) is 0.462. The number of nitrogens with one attached hydrogen (secondary N) is 1. The van der Waals surface area contributed by atoms with Gasteiger partial charge in [-0.05, 0) is 31.0 Å². The Bertz CT molecular complexity index is 1050. The molecule has 0 saturated carbocycles. The SMILES string of the molecule is O=C(O)C(F)(F)F.O=C1CCCN1CCCN(CCS(=O)(=O)N1CCNCC1)C(=O)c1cccc(Cl)c1. The second-order valence-electron chi connectivity index (χ2n) is 8.41. The standard InChI is InChI=1S/C20H29ClN4O4S.C2HF3O2/c21-18-5-1-4-17(16-18)20(27)24(11-3-10-23-9-2-6-19(23)26)14-15-30(28,29)25-12-7-22-8-13-25;3-2(4,5)1(6)7/h1,4-5,16,22H,2-3,6-15H2;(H,6,7). The minimum absolute atomic E-state index is 0.103. The number of rotatable bonds is 9. The first-order valence-electron chi connectivity index (χ1n) is 11.6. The lowest BCUT2D eigenvalue weighted by Crippen LogP contribution is -2.48. The molecule has 1 aromatic carbocycles. The number of piperazine rings is 1. The number of sulfonamides is 1. The molecule has 2 saturated heterocycles. The lowest BCUT2D eigenvalue weighted by molar-refractivity contribution is -0.192. The Labute approximate surface area is 218 Å². The Kier molecular flexibility index (Phi) is 11.6. The highest BCUT2D eigenvalue weighted by atomic mass is 35.5. The van der Waals surface area contributed by atoms with Crippen LogP contribution < -0.4 is 5.32 Å². The molecule has 0 aromatic heterocycles. The van der Waals surface area contributed by atoms with Crippen LogP contribution in [-0.2, 0) is 19.6 Å². The molecule has 2 aliphatic heterocycles. The first kappa shape index (κ1) is 30.8. The molecule has 0 unspecified atom stereocenters. The molecule has 1 aromatic rings. The predicted molar refractivity (Wildman–Crippen MR) is 130 cm³/mol. The van der Waals surface area contributed by atoms with Crippen LogP contribution in [0.15, 0.2) is 24.3 Å². The third-order valence-corrected chi connectivity index (χ3v) is 7.80. The van der Waals surface area contributed by atoms with Crippen LogP contribution in [0.4, 0.5) is 13.2 Å². The highest BCUT2D eigenvalue weighted by Crippen LogP contribution is 2.15. The number of likely N-dealkylation sites (tertiary alicyclic amines) is 1. The summed E-state index contributed by atoms with van der Waals surface area (Å²) in [6, 6.07) is 6.66. The van der Waals surface area contributed by atoms with Crippen molar-refractivity contribution in [3.05, 3.63) is 34.9 Å². The second kappa shape index (κ2) is 13.9. The summed E-state index contributed by atoms with van der Waals surface area (Å²) in [5.41, 5.74) is 0.430. The van der Waals surface area contributed by atoms with Gasteiger partial charge in [0.05, 0.1) is 5.75 Å². The molecular formula is C22H30ClF3N4O6S. The molecule has 0 atom stereocenters. The van der Waals surface area contributed by atoms with E-state index in [0.717, 1.165) is 13.0 Å². The van der Waals surface area contributed by atoms with Crippen molar-refractivity contribution in [3.8, 4) is 0 Å². The van der Waals surface area contributed by atoms with Gasteiger partial charge >= 0.3 is 12.1 Å². The zero-order chi connectivity index (χ0) is 27.6. The molecule has 2 amide bonds. The Morgan fingerprint density at radius 2 is 1.78 bits per heavy atom. The fourth-order valence-electron chi connectivity index (χ4n) is 3.79. The number of halogens is 4. The van der Waals surface area contributed by atoms with Gasteiger partial charge in [-0.3, -0.25) is 9.59 Å². The number of aliphatic carboxylic acids is 1. The molecule has 0 aliphatic carbocycles. The van der Waals surface area contributed by atoms with E-state index < -0.39 is 22.2 Å². The molecule has 2 N–H and O–H groups in total. The lowest BCUT2D eigenvalue weighted by atomic mass is 10.2. The Morgan fingerprint density at radius 1 is 1.14 bits per heavy atom. The fraction of sp³-hybridized carbons (Fsp3) is 0.591. The van der Waals surface area contributed by atoms with Gasteiger partial charge in [0, 0.05) is 69.4 Å². The van der Waals surface area contributed by atoms with E-state index in [-0.39, 0.29) is 24.1 Å². The first-order valence-corrected chi connectivity index (χ1v) is 13.6. The van der Waals surface area contributed by atoms with Crippen molar-refractivity contribution in [1.82, 2.24) is 19.4 Å². The summed E-state index contributed by atoms with van der Waals surface area (Å²) >= 11 is 6.03. The number of nitrogens with zero attached hydrogens (tertiary/aromatic N) is 3. The fourth-order valence-corrected chi connectivity index (χ4v) is 5.43. The summed E-state index contributed by atoms with van der Waals surface area (Å²) in [5, 5.41) is 10.7. The van der Waals surface area contributed by atoms with Crippen LogP contribution in [0.2, 0.25) is 5.02 Å². The number of benzene rings is 1. The largest absolute Gasteiger partial charge is 0.490 e. The molecule has 2 aliphatic rings. The van der Waals surface area contributed by atoms with Crippen molar-refractivity contribution in [2.75, 3.05) is 58.1 Å². The highest BCUT2D eigenvalue weighted by Gasteiger charge is 2.38. The van der Waals surface area contributed by atoms with Crippen LogP contribution in [0.5, 0.6) is 0 Å². The molecule has 3 rings (SSSR count). The van der Waals surface area contributed by atoms with Gasteiger partial charge in [-0.2, -0.15) is 17.5 Å². The van der Waals surface area contributed by atoms with Crippen LogP contribution in [0, 0.1) is 0 Å². The van der Waals surface area contributed by atoms with E-state index in [1.165, 1.54) is 4.31 Å². The third kappa shape index (κ3) is 10.1. The van der Waals surface area contributed by atoms with E-state index >= 15 is 0 Å². The van der Waals surface area contributed by atoms with Gasteiger partial charge in [0.15, 0.2) is 0 Å². The maximum Gasteiger partial charge on any atom is 0.490 e. The molecule has 2 fully saturated rings. The number of carboxylic acid groups (broad SMARTS) is 1. The Hall–Kier alpha value is -2.42. The van der Waals surface area contributed by atoms with E-state index in [2.05, 4.69) is 5.32 Å². The van der Waals surface area contributed by atoms with E-state index in [0.29, 0.717) is 62.7 Å². The van der Waals surface area contributed by atoms with Crippen LogP contribution in [0.25, 0.3) is 0 Å². The average molecular weight is 571 g/mol. The van der Waals surface area contributed by atoms with Gasteiger partial charge in [-0.15, -0.1) is 0 Å². The molecule has 0 bridgehead atoms. The number of hydrogen-bond donors (Lipinski definition) is 2. The summed E-state index contributed by atoms with van der Waals surface area (Å²) in [7, 11) is -3.44. The van der Waals surface area contributed by atoms with Gasteiger partial charge in [0.25, 0.3) is 5.91 Å². The molecular weight excluding hydrogens is 541 g/mol. The summed E-state index contributed by atoms with van der Waals surface area (Å²) in [5.74, 6) is -2.99. The molecule has 10 nitrogen and oxygen atoms in total. The minimum atomic E-state index is -5.08. The van der Waals surface area contributed by atoms with E-state index in [1.807, 2.05) is 0 Å². The lowest BCUT2D eigenvalue weighted by Gasteiger charge is -2.29. The van der Waals surface area contributed by atoms with Crippen LogP contribution in [0.1, 0.15) is 29.6 Å². The average Bonchev–Trinajstić information content (AvgIpc) is 3.25. The van der Waals surface area contributed by atoms with Crippen molar-refractivity contribution >= 4 is 39.4 Å². The van der Waals surface area contributed by atoms with E-state index in [4.69, 9.17) is 21.5 Å². The predicted octanol–water partition coefficient (Wildman–Crippen LogP) is 1.66. The first-order chi connectivity index (χ1) is 17.3.